The summed E-state index contributed by atoms with van der Waals surface area (Å²) in [6.45, 7) is 0. The van der Waals surface area contributed by atoms with Crippen LogP contribution in [-0.2, 0) is 0 Å². The van der Waals surface area contributed by atoms with Crippen molar-refractivity contribution in [3.63, 3.8) is 0 Å². The van der Waals surface area contributed by atoms with Crippen molar-refractivity contribution in [2.45, 2.75) is 12.5 Å². The monoisotopic (exact) mass is 182 g/mol. The van der Waals surface area contributed by atoms with Gasteiger partial charge in [-0.2, -0.15) is 0 Å². The third kappa shape index (κ3) is 2.68. The Labute approximate surface area is 77.3 Å². The number of rotatable bonds is 3. The van der Waals surface area contributed by atoms with E-state index in [4.69, 9.17) is 11.6 Å². The Bertz CT molecular complexity index is 243. The van der Waals surface area contributed by atoms with Crippen molar-refractivity contribution in [1.29, 1.82) is 0 Å². The number of hydrogen-bond acceptors (Lipinski definition) is 1. The Hall–Kier alpha value is -0.790. The molecule has 0 saturated carbocycles. The van der Waals surface area contributed by atoms with Crippen LogP contribution in [0.2, 0.25) is 0 Å². The molecule has 1 N–H and O–H groups in total. The van der Waals surface area contributed by atoms with Crippen molar-refractivity contribution in [1.82, 2.24) is 0 Å². The molecule has 0 radical (unpaired) electrons. The Morgan fingerprint density at radius 1 is 1.33 bits per heavy atom. The van der Waals surface area contributed by atoms with Crippen molar-refractivity contribution in [3.8, 4) is 0 Å². The lowest BCUT2D eigenvalue weighted by molar-refractivity contribution is 0.181. The molecule has 0 bridgehead atoms. The fourth-order valence-electron chi connectivity index (χ4n) is 0.992. The average molecular weight is 183 g/mol. The topological polar surface area (TPSA) is 20.2 Å². The summed E-state index contributed by atoms with van der Waals surface area (Å²) in [6.07, 6.45) is 1.86. The molecule has 0 aliphatic rings. The van der Waals surface area contributed by atoms with Crippen LogP contribution >= 0.6 is 11.6 Å². The second kappa shape index (κ2) is 4.96. The Morgan fingerprint density at radius 2 is 2.00 bits per heavy atom. The maximum absolute atomic E-state index is 9.54. The normalized spacial score (nSPS) is 13.5. The smallest absolute Gasteiger partial charge is 0.0824 e. The van der Waals surface area contributed by atoms with E-state index in [0.29, 0.717) is 6.42 Å². The van der Waals surface area contributed by atoms with Crippen molar-refractivity contribution in [2.75, 3.05) is 0 Å². The SMILES string of the molecule is O[C@@H](C/C=C/Cl)c1ccccc1. The van der Waals surface area contributed by atoms with Gasteiger partial charge in [-0.15, -0.1) is 0 Å². The van der Waals surface area contributed by atoms with Gasteiger partial charge in [0.05, 0.1) is 6.10 Å². The molecule has 0 aliphatic heterocycles. The third-order valence-electron chi connectivity index (χ3n) is 1.63. The molecule has 2 heteroatoms. The van der Waals surface area contributed by atoms with Crippen molar-refractivity contribution < 1.29 is 5.11 Å². The first-order valence-corrected chi connectivity index (χ1v) is 4.26. The first-order chi connectivity index (χ1) is 5.84. The molecule has 0 fully saturated rings. The second-order valence-corrected chi connectivity index (χ2v) is 2.78. The van der Waals surface area contributed by atoms with Crippen molar-refractivity contribution >= 4 is 11.6 Å². The minimum Gasteiger partial charge on any atom is -0.388 e. The van der Waals surface area contributed by atoms with Crippen LogP contribution in [0.3, 0.4) is 0 Å². The van der Waals surface area contributed by atoms with Crippen LogP contribution in [-0.4, -0.2) is 5.11 Å². The summed E-state index contributed by atoms with van der Waals surface area (Å²) in [4.78, 5) is 0. The van der Waals surface area contributed by atoms with Gasteiger partial charge in [-0.05, 0) is 12.0 Å². The number of aliphatic hydroxyl groups excluding tert-OH is 1. The minimum atomic E-state index is -0.443. The van der Waals surface area contributed by atoms with Crippen LogP contribution in [0.5, 0.6) is 0 Å². The van der Waals surface area contributed by atoms with Gasteiger partial charge in [0.1, 0.15) is 0 Å². The van der Waals surface area contributed by atoms with Gasteiger partial charge < -0.3 is 5.11 Å². The molecular weight excluding hydrogens is 172 g/mol. The fraction of sp³-hybridized carbons (Fsp3) is 0.200. The molecule has 12 heavy (non-hydrogen) atoms. The van der Waals surface area contributed by atoms with Gasteiger partial charge in [-0.3, -0.25) is 0 Å². The molecule has 0 aliphatic carbocycles. The van der Waals surface area contributed by atoms with E-state index in [2.05, 4.69) is 0 Å². The summed E-state index contributed by atoms with van der Waals surface area (Å²) < 4.78 is 0. The zero-order valence-electron chi connectivity index (χ0n) is 6.65. The molecule has 1 aromatic rings. The third-order valence-corrected chi connectivity index (χ3v) is 1.81. The molecular formula is C10H11ClO. The van der Waals surface area contributed by atoms with Crippen LogP contribution < -0.4 is 0 Å². The van der Waals surface area contributed by atoms with Crippen LogP contribution in [0.25, 0.3) is 0 Å². The van der Waals surface area contributed by atoms with Crippen LogP contribution in [0.15, 0.2) is 41.9 Å². The highest BCUT2D eigenvalue weighted by molar-refractivity contribution is 6.25. The first kappa shape index (κ1) is 9.30. The summed E-state index contributed by atoms with van der Waals surface area (Å²) in [7, 11) is 0. The van der Waals surface area contributed by atoms with Gasteiger partial charge in [0.25, 0.3) is 0 Å². The summed E-state index contributed by atoms with van der Waals surface area (Å²) in [6, 6.07) is 9.53. The van der Waals surface area contributed by atoms with Gasteiger partial charge >= 0.3 is 0 Å². The maximum atomic E-state index is 9.54. The lowest BCUT2D eigenvalue weighted by Gasteiger charge is -2.06. The molecule has 0 spiro atoms. The molecule has 0 aromatic heterocycles. The van der Waals surface area contributed by atoms with Crippen LogP contribution in [0.1, 0.15) is 18.1 Å². The van der Waals surface area contributed by atoms with Gasteiger partial charge in [0, 0.05) is 5.54 Å². The standard InChI is InChI=1S/C10H11ClO/c11-8-4-7-10(12)9-5-2-1-3-6-9/h1-6,8,10,12H,7H2/b8-4+/t10-/m0/s1. The highest BCUT2D eigenvalue weighted by Gasteiger charge is 2.02. The largest absolute Gasteiger partial charge is 0.388 e. The number of halogens is 1. The van der Waals surface area contributed by atoms with E-state index < -0.39 is 6.10 Å². The highest BCUT2D eigenvalue weighted by atomic mass is 35.5. The lowest BCUT2D eigenvalue weighted by atomic mass is 10.1. The molecule has 1 rings (SSSR count). The molecule has 1 aromatic carbocycles. The zero-order chi connectivity index (χ0) is 8.81. The van der Waals surface area contributed by atoms with E-state index in [1.807, 2.05) is 30.3 Å². The fourth-order valence-corrected chi connectivity index (χ4v) is 1.09. The molecule has 1 nitrogen and oxygen atoms in total. The molecule has 64 valence electrons. The highest BCUT2D eigenvalue weighted by Crippen LogP contribution is 2.15. The van der Waals surface area contributed by atoms with Crippen LogP contribution in [0, 0.1) is 0 Å². The van der Waals surface area contributed by atoms with Gasteiger partial charge in [0.15, 0.2) is 0 Å². The van der Waals surface area contributed by atoms with E-state index in [9.17, 15) is 5.11 Å². The molecule has 0 unspecified atom stereocenters. The van der Waals surface area contributed by atoms with Crippen LogP contribution in [0.4, 0.5) is 0 Å². The summed E-state index contributed by atoms with van der Waals surface area (Å²) in [5.74, 6) is 0. The van der Waals surface area contributed by atoms with E-state index in [1.54, 1.807) is 6.08 Å². The summed E-state index contributed by atoms with van der Waals surface area (Å²) in [5, 5.41) is 9.54. The van der Waals surface area contributed by atoms with Gasteiger partial charge in [-0.1, -0.05) is 48.0 Å². The van der Waals surface area contributed by atoms with Crippen molar-refractivity contribution in [3.05, 3.63) is 47.5 Å². The maximum Gasteiger partial charge on any atom is 0.0824 e. The van der Waals surface area contributed by atoms with Crippen molar-refractivity contribution in [2.24, 2.45) is 0 Å². The molecule has 0 heterocycles. The minimum absolute atomic E-state index is 0.443. The lowest BCUT2D eigenvalue weighted by Crippen LogP contribution is -1.94. The van der Waals surface area contributed by atoms with Gasteiger partial charge in [-0.25, -0.2) is 0 Å². The van der Waals surface area contributed by atoms with E-state index in [1.165, 1.54) is 5.54 Å². The molecule has 0 amide bonds. The predicted octanol–water partition coefficient (Wildman–Crippen LogP) is 2.86. The summed E-state index contributed by atoms with van der Waals surface area (Å²) in [5.41, 5.74) is 2.35. The average Bonchev–Trinajstić information content (AvgIpc) is 2.15. The molecule has 1 atom stereocenters. The van der Waals surface area contributed by atoms with E-state index >= 15 is 0 Å². The number of benzene rings is 1. The molecule has 0 saturated heterocycles. The Balaban J connectivity index is 2.59. The van der Waals surface area contributed by atoms with Gasteiger partial charge in [0.2, 0.25) is 0 Å². The summed E-state index contributed by atoms with van der Waals surface area (Å²) >= 11 is 5.34. The Morgan fingerprint density at radius 3 is 2.58 bits per heavy atom. The first-order valence-electron chi connectivity index (χ1n) is 3.83. The van der Waals surface area contributed by atoms with E-state index in [-0.39, 0.29) is 0 Å². The number of aliphatic hydroxyl groups is 1. The number of hydrogen-bond donors (Lipinski definition) is 1. The van der Waals surface area contributed by atoms with E-state index in [0.717, 1.165) is 5.56 Å². The second-order valence-electron chi connectivity index (χ2n) is 2.52. The quantitative estimate of drug-likeness (QED) is 0.762. The predicted molar refractivity (Wildman–Crippen MR) is 51.0 cm³/mol. The zero-order valence-corrected chi connectivity index (χ0v) is 7.41. The Kier molecular flexibility index (Phi) is 3.85.